The van der Waals surface area contributed by atoms with E-state index in [9.17, 15) is 27.9 Å². The summed E-state index contributed by atoms with van der Waals surface area (Å²) in [4.78, 5) is 28.0. The van der Waals surface area contributed by atoms with Crippen molar-refractivity contribution in [3.63, 3.8) is 0 Å². The molecule has 0 radical (unpaired) electrons. The predicted octanol–water partition coefficient (Wildman–Crippen LogP) is 4.97. The first-order chi connectivity index (χ1) is 16.0. The van der Waals surface area contributed by atoms with E-state index in [1.165, 1.54) is 0 Å². The maximum atomic E-state index is 13.5. The third kappa shape index (κ3) is 6.37. The Morgan fingerprint density at radius 2 is 1.91 bits per heavy atom. The number of benzene rings is 1. The van der Waals surface area contributed by atoms with Gasteiger partial charge in [-0.25, -0.2) is 9.78 Å². The van der Waals surface area contributed by atoms with Crippen LogP contribution in [-0.2, 0) is 27.1 Å². The largest absolute Gasteiger partial charge is 0.480 e. The molecule has 1 aromatic heterocycles. The molecule has 1 aliphatic carbocycles. The average molecular weight is 482 g/mol. The number of ether oxygens (including phenoxy) is 1. The van der Waals surface area contributed by atoms with Crippen molar-refractivity contribution in [2.75, 3.05) is 0 Å². The molecule has 1 fully saturated rings. The minimum atomic E-state index is -4.73. The fourth-order valence-corrected chi connectivity index (χ4v) is 4.01. The molecule has 10 heteroatoms. The van der Waals surface area contributed by atoms with Gasteiger partial charge in [0.05, 0.1) is 12.7 Å². The monoisotopic (exact) mass is 482 g/mol. The van der Waals surface area contributed by atoms with Crippen molar-refractivity contribution in [2.24, 2.45) is 11.8 Å². The van der Waals surface area contributed by atoms with Gasteiger partial charge >= 0.3 is 12.1 Å². The number of oxazole rings is 1. The highest BCUT2D eigenvalue weighted by Crippen LogP contribution is 2.36. The van der Waals surface area contributed by atoms with Gasteiger partial charge in [0.2, 0.25) is 17.6 Å². The lowest BCUT2D eigenvalue weighted by Crippen LogP contribution is -2.47. The zero-order chi connectivity index (χ0) is 25.0. The van der Waals surface area contributed by atoms with E-state index in [2.05, 4.69) is 10.3 Å². The van der Waals surface area contributed by atoms with Crippen LogP contribution in [0.5, 0.6) is 0 Å². The van der Waals surface area contributed by atoms with Crippen molar-refractivity contribution in [1.82, 2.24) is 10.3 Å². The summed E-state index contributed by atoms with van der Waals surface area (Å²) in [5, 5.41) is 11.9. The quantitative estimate of drug-likeness (QED) is 0.551. The van der Waals surface area contributed by atoms with Crippen molar-refractivity contribution in [2.45, 2.75) is 71.4 Å². The Bertz CT molecular complexity index is 1000. The number of rotatable bonds is 8. The first kappa shape index (κ1) is 25.7. The van der Waals surface area contributed by atoms with Crippen molar-refractivity contribution in [3.8, 4) is 11.5 Å². The summed E-state index contributed by atoms with van der Waals surface area (Å²) in [6.07, 6.45) is -3.10. The number of alkyl halides is 3. The molecule has 3 rings (SSSR count). The maximum absolute atomic E-state index is 13.5. The lowest BCUT2D eigenvalue weighted by molar-refractivity contribution is -0.154. The number of aryl methyl sites for hydroxylation is 1. The van der Waals surface area contributed by atoms with Crippen LogP contribution in [-0.4, -0.2) is 34.1 Å². The Hall–Kier alpha value is -2.88. The van der Waals surface area contributed by atoms with E-state index < -0.39 is 42.6 Å². The van der Waals surface area contributed by atoms with Gasteiger partial charge < -0.3 is 19.6 Å². The molecule has 2 aromatic rings. The van der Waals surface area contributed by atoms with Gasteiger partial charge in [0, 0.05) is 11.5 Å². The molecular formula is C24H29F3N2O5. The lowest BCUT2D eigenvalue weighted by Gasteiger charge is -2.29. The third-order valence-corrected chi connectivity index (χ3v) is 5.94. The van der Waals surface area contributed by atoms with Crippen molar-refractivity contribution in [3.05, 3.63) is 41.3 Å². The summed E-state index contributed by atoms with van der Waals surface area (Å²) < 4.78 is 51.4. The summed E-state index contributed by atoms with van der Waals surface area (Å²) in [7, 11) is 0. The summed E-state index contributed by atoms with van der Waals surface area (Å²) >= 11 is 0. The second-order valence-electron chi connectivity index (χ2n) is 9.02. The minimum Gasteiger partial charge on any atom is -0.480 e. The number of halogens is 3. The number of nitrogens with zero attached hydrogens (tertiary/aromatic N) is 1. The number of hydrogen-bond donors (Lipinski definition) is 2. The number of hydrogen-bond acceptors (Lipinski definition) is 5. The fraction of sp³-hybridized carbons (Fsp3) is 0.542. The van der Waals surface area contributed by atoms with E-state index in [1.807, 2.05) is 6.92 Å². The van der Waals surface area contributed by atoms with Crippen LogP contribution in [0, 0.1) is 18.8 Å². The van der Waals surface area contributed by atoms with E-state index in [0.29, 0.717) is 31.2 Å². The van der Waals surface area contributed by atoms with Crippen LogP contribution in [0.15, 0.2) is 28.7 Å². The Balaban J connectivity index is 1.68. The lowest BCUT2D eigenvalue weighted by atomic mass is 9.86. The molecule has 0 unspecified atom stereocenters. The van der Waals surface area contributed by atoms with E-state index in [0.717, 1.165) is 5.56 Å². The van der Waals surface area contributed by atoms with Crippen LogP contribution >= 0.6 is 0 Å². The van der Waals surface area contributed by atoms with Gasteiger partial charge in [-0.05, 0) is 44.2 Å². The maximum Gasteiger partial charge on any atom is 0.451 e. The van der Waals surface area contributed by atoms with Crippen LogP contribution in [0.4, 0.5) is 13.2 Å². The van der Waals surface area contributed by atoms with E-state index >= 15 is 0 Å². The molecule has 186 valence electrons. The average Bonchev–Trinajstić information content (AvgIpc) is 3.21. The molecule has 3 atom stereocenters. The highest BCUT2D eigenvalue weighted by Gasteiger charge is 2.40. The SMILES string of the molecule is Cc1ccc(-c2nc(CO[C@H]3CCC[C@@H](C(=O)N[C@H](C(=O)O)C(C)C)C3)c(C(F)(F)F)o2)cc1. The second kappa shape index (κ2) is 10.6. The molecule has 34 heavy (non-hydrogen) atoms. The molecule has 0 spiro atoms. The summed E-state index contributed by atoms with van der Waals surface area (Å²) in [6.45, 7) is 4.86. The Morgan fingerprint density at radius 1 is 1.24 bits per heavy atom. The molecule has 0 bridgehead atoms. The molecule has 0 aliphatic heterocycles. The molecule has 0 saturated heterocycles. The second-order valence-corrected chi connectivity index (χ2v) is 9.02. The summed E-state index contributed by atoms with van der Waals surface area (Å²) in [5.74, 6) is -3.58. The van der Waals surface area contributed by atoms with Gasteiger partial charge in [-0.2, -0.15) is 13.2 Å². The number of carboxylic acid groups (broad SMARTS) is 1. The van der Waals surface area contributed by atoms with Gasteiger partial charge in [-0.3, -0.25) is 4.79 Å². The highest BCUT2D eigenvalue weighted by atomic mass is 19.4. The van der Waals surface area contributed by atoms with Crippen LogP contribution in [0.2, 0.25) is 0 Å². The molecular weight excluding hydrogens is 453 g/mol. The summed E-state index contributed by atoms with van der Waals surface area (Å²) in [6, 6.07) is 5.78. The zero-order valence-electron chi connectivity index (χ0n) is 19.3. The molecule has 7 nitrogen and oxygen atoms in total. The van der Waals surface area contributed by atoms with E-state index in [1.54, 1.807) is 38.1 Å². The topological polar surface area (TPSA) is 102 Å². The Labute approximate surface area is 195 Å². The predicted molar refractivity (Wildman–Crippen MR) is 117 cm³/mol. The van der Waals surface area contributed by atoms with Crippen molar-refractivity contribution >= 4 is 11.9 Å². The first-order valence-corrected chi connectivity index (χ1v) is 11.2. The smallest absolute Gasteiger partial charge is 0.451 e. The molecule has 1 amide bonds. The highest BCUT2D eigenvalue weighted by molar-refractivity contribution is 5.85. The van der Waals surface area contributed by atoms with E-state index in [4.69, 9.17) is 9.15 Å². The molecule has 2 N–H and O–H groups in total. The Morgan fingerprint density at radius 3 is 2.50 bits per heavy atom. The van der Waals surface area contributed by atoms with Gasteiger partial charge in [-0.15, -0.1) is 0 Å². The molecule has 1 saturated carbocycles. The number of amides is 1. The number of carbonyl (C=O) groups is 2. The number of aliphatic carboxylic acids is 1. The van der Waals surface area contributed by atoms with Gasteiger partial charge in [0.25, 0.3) is 0 Å². The van der Waals surface area contributed by atoms with Crippen LogP contribution in [0.1, 0.15) is 56.5 Å². The van der Waals surface area contributed by atoms with E-state index in [-0.39, 0.29) is 23.4 Å². The Kier molecular flexibility index (Phi) is 8.01. The minimum absolute atomic E-state index is 0.139. The fourth-order valence-electron chi connectivity index (χ4n) is 4.01. The zero-order valence-corrected chi connectivity index (χ0v) is 19.3. The van der Waals surface area contributed by atoms with Crippen molar-refractivity contribution < 1.29 is 37.0 Å². The molecule has 1 aromatic carbocycles. The van der Waals surface area contributed by atoms with Gasteiger partial charge in [0.15, 0.2) is 0 Å². The first-order valence-electron chi connectivity index (χ1n) is 11.2. The number of carbonyl (C=O) groups excluding carboxylic acids is 1. The third-order valence-electron chi connectivity index (χ3n) is 5.94. The number of nitrogens with one attached hydrogen (secondary N) is 1. The summed E-state index contributed by atoms with van der Waals surface area (Å²) in [5.41, 5.74) is 1.03. The van der Waals surface area contributed by atoms with Crippen LogP contribution in [0.25, 0.3) is 11.5 Å². The van der Waals surface area contributed by atoms with Gasteiger partial charge in [-0.1, -0.05) is 38.0 Å². The van der Waals surface area contributed by atoms with Crippen molar-refractivity contribution in [1.29, 1.82) is 0 Å². The number of carboxylic acids is 1. The molecule has 1 aliphatic rings. The van der Waals surface area contributed by atoms with Crippen LogP contribution < -0.4 is 5.32 Å². The standard InChI is InChI=1S/C24H29F3N2O5/c1-13(2)19(23(31)32)29-21(30)16-5-4-6-17(11-16)33-12-18-20(24(25,26)27)34-22(28-18)15-9-7-14(3)8-10-15/h7-10,13,16-17,19H,4-6,11-12H2,1-3H3,(H,29,30)(H,31,32)/t16-,17+,19+/m1/s1. The molecule has 1 heterocycles. The number of aromatic nitrogens is 1. The van der Waals surface area contributed by atoms with Crippen LogP contribution in [0.3, 0.4) is 0 Å². The van der Waals surface area contributed by atoms with Gasteiger partial charge in [0.1, 0.15) is 11.7 Å². The normalized spacial score (nSPS) is 19.7.